The van der Waals surface area contributed by atoms with Crippen molar-refractivity contribution in [2.24, 2.45) is 0 Å². The lowest BCUT2D eigenvalue weighted by molar-refractivity contribution is 0.0696. The molecule has 1 atom stereocenters. The third-order valence-corrected chi connectivity index (χ3v) is 6.04. The van der Waals surface area contributed by atoms with Crippen molar-refractivity contribution < 1.29 is 14.6 Å². The van der Waals surface area contributed by atoms with Gasteiger partial charge in [-0.2, -0.15) is 0 Å². The number of carboxylic acids is 1. The van der Waals surface area contributed by atoms with Gasteiger partial charge in [0.1, 0.15) is 0 Å². The van der Waals surface area contributed by atoms with E-state index < -0.39 is 5.97 Å². The number of rotatable bonds is 4. The van der Waals surface area contributed by atoms with Gasteiger partial charge < -0.3 is 9.84 Å². The normalized spacial score (nSPS) is 14.6. The van der Waals surface area contributed by atoms with Crippen LogP contribution in [0.25, 0.3) is 0 Å². The third kappa shape index (κ3) is 3.04. The Morgan fingerprint density at radius 2 is 2.00 bits per heavy atom. The number of methoxy groups -OCH3 is 1. The van der Waals surface area contributed by atoms with E-state index in [1.54, 1.807) is 31.4 Å². The van der Waals surface area contributed by atoms with E-state index in [1.807, 2.05) is 0 Å². The fraction of sp³-hybridized carbons (Fsp3) is 0.300. The van der Waals surface area contributed by atoms with Crippen molar-refractivity contribution in [3.8, 4) is 0 Å². The van der Waals surface area contributed by atoms with Crippen LogP contribution >= 0.6 is 45.2 Å². The van der Waals surface area contributed by atoms with Crippen LogP contribution in [0.15, 0.2) is 24.3 Å². The zero-order chi connectivity index (χ0) is 11.5. The summed E-state index contributed by atoms with van der Waals surface area (Å²) in [5.41, 5.74) is 1.27. The molecule has 0 saturated heterocycles. The number of alkyl halides is 2. The van der Waals surface area contributed by atoms with Crippen LogP contribution < -0.4 is 0 Å². The molecule has 0 amide bonds. The second-order valence-electron chi connectivity index (χ2n) is 2.95. The van der Waals surface area contributed by atoms with E-state index in [9.17, 15) is 4.79 Å². The number of carbonyl (C=O) groups is 1. The molecule has 1 rings (SSSR count). The lowest BCUT2D eigenvalue weighted by Crippen LogP contribution is -2.22. The van der Waals surface area contributed by atoms with E-state index in [4.69, 9.17) is 9.84 Å². The van der Waals surface area contributed by atoms with Crippen molar-refractivity contribution in [3.63, 3.8) is 0 Å². The Kier molecular flexibility index (Phi) is 4.78. The largest absolute Gasteiger partial charge is 0.478 e. The first kappa shape index (κ1) is 13.2. The van der Waals surface area contributed by atoms with Crippen LogP contribution in [-0.2, 0) is 8.34 Å². The van der Waals surface area contributed by atoms with Gasteiger partial charge in [-0.3, -0.25) is 0 Å². The summed E-state index contributed by atoms with van der Waals surface area (Å²) in [6.07, 6.45) is 0. The average Bonchev–Trinajstić information content (AvgIpc) is 2.28. The van der Waals surface area contributed by atoms with E-state index in [2.05, 4.69) is 45.2 Å². The van der Waals surface area contributed by atoms with Crippen molar-refractivity contribution in [2.45, 2.75) is 3.61 Å². The lowest BCUT2D eigenvalue weighted by atomic mass is 10.1. The molecule has 0 aromatic heterocycles. The third-order valence-electron chi connectivity index (χ3n) is 2.06. The second kappa shape index (κ2) is 5.44. The van der Waals surface area contributed by atoms with Gasteiger partial charge in [-0.1, -0.05) is 34.7 Å². The molecule has 3 nitrogen and oxygen atoms in total. The Labute approximate surface area is 115 Å². The van der Waals surface area contributed by atoms with Gasteiger partial charge in [0.05, 0.1) is 5.56 Å². The first-order valence-electron chi connectivity index (χ1n) is 4.17. The molecule has 0 radical (unpaired) electrons. The highest BCUT2D eigenvalue weighted by Crippen LogP contribution is 2.34. The Morgan fingerprint density at radius 1 is 1.47 bits per heavy atom. The van der Waals surface area contributed by atoms with Crippen molar-refractivity contribution in [2.75, 3.05) is 11.5 Å². The van der Waals surface area contributed by atoms with E-state index in [1.165, 1.54) is 0 Å². The van der Waals surface area contributed by atoms with Crippen molar-refractivity contribution >= 4 is 51.2 Å². The molecule has 1 N–H and O–H groups in total. The summed E-state index contributed by atoms with van der Waals surface area (Å²) in [4.78, 5) is 10.7. The van der Waals surface area contributed by atoms with Gasteiger partial charge in [0.15, 0.2) is 3.61 Å². The second-order valence-corrected chi connectivity index (χ2v) is 5.45. The van der Waals surface area contributed by atoms with Gasteiger partial charge >= 0.3 is 5.97 Å². The summed E-state index contributed by atoms with van der Waals surface area (Å²) in [6, 6.07) is 6.77. The summed E-state index contributed by atoms with van der Waals surface area (Å²) in [7, 11) is 1.65. The minimum Gasteiger partial charge on any atom is -0.478 e. The molecule has 0 heterocycles. The average molecular weight is 432 g/mol. The smallest absolute Gasteiger partial charge is 0.335 e. The SMILES string of the molecule is COC(I)(CI)c1ccc(C(=O)O)cc1. The molecule has 0 saturated carbocycles. The number of benzene rings is 1. The standard InChI is InChI=1S/C10H10I2O3/c1-15-10(12,6-11)8-4-2-7(3-5-8)9(13)14/h2-5H,6H2,1H3,(H,13,14). The Bertz CT molecular complexity index is 344. The topological polar surface area (TPSA) is 46.5 Å². The van der Waals surface area contributed by atoms with Gasteiger partial charge in [-0.25, -0.2) is 4.79 Å². The highest BCUT2D eigenvalue weighted by Gasteiger charge is 2.26. The number of carboxylic acid groups (broad SMARTS) is 1. The van der Waals surface area contributed by atoms with Gasteiger partial charge in [0.25, 0.3) is 0 Å². The Balaban J connectivity index is 3.02. The molecule has 0 fully saturated rings. The maximum absolute atomic E-state index is 10.7. The zero-order valence-corrected chi connectivity index (χ0v) is 12.4. The van der Waals surface area contributed by atoms with Crippen LogP contribution in [-0.4, -0.2) is 22.6 Å². The maximum atomic E-state index is 10.7. The number of aromatic carboxylic acids is 1. The molecule has 15 heavy (non-hydrogen) atoms. The van der Waals surface area contributed by atoms with Crippen molar-refractivity contribution in [1.82, 2.24) is 0 Å². The molecular formula is C10H10I2O3. The number of hydrogen-bond donors (Lipinski definition) is 1. The van der Waals surface area contributed by atoms with Gasteiger partial charge in [0.2, 0.25) is 0 Å². The minimum absolute atomic E-state index is 0.294. The molecule has 0 aliphatic heterocycles. The van der Waals surface area contributed by atoms with E-state index in [0.717, 1.165) is 9.99 Å². The highest BCUT2D eigenvalue weighted by atomic mass is 127. The van der Waals surface area contributed by atoms with Gasteiger partial charge in [0, 0.05) is 11.5 Å². The minimum atomic E-state index is -0.910. The van der Waals surface area contributed by atoms with Gasteiger partial charge in [-0.05, 0) is 40.3 Å². The molecule has 0 bridgehead atoms. The Morgan fingerprint density at radius 3 is 2.33 bits per heavy atom. The fourth-order valence-corrected chi connectivity index (χ4v) is 2.22. The molecule has 1 aromatic carbocycles. The van der Waals surface area contributed by atoms with Crippen LogP contribution in [0.5, 0.6) is 0 Å². The maximum Gasteiger partial charge on any atom is 0.335 e. The molecular weight excluding hydrogens is 422 g/mol. The molecule has 0 spiro atoms. The number of ether oxygens (including phenoxy) is 1. The summed E-state index contributed by atoms with van der Waals surface area (Å²) in [6.45, 7) is 0. The summed E-state index contributed by atoms with van der Waals surface area (Å²) in [5, 5.41) is 8.76. The van der Waals surface area contributed by atoms with E-state index in [-0.39, 0.29) is 3.61 Å². The summed E-state index contributed by atoms with van der Waals surface area (Å²) >= 11 is 4.46. The van der Waals surface area contributed by atoms with Crippen LogP contribution in [0.2, 0.25) is 0 Å². The van der Waals surface area contributed by atoms with Crippen LogP contribution in [0.1, 0.15) is 15.9 Å². The van der Waals surface area contributed by atoms with E-state index in [0.29, 0.717) is 5.56 Å². The van der Waals surface area contributed by atoms with Crippen molar-refractivity contribution in [3.05, 3.63) is 35.4 Å². The molecule has 82 valence electrons. The monoisotopic (exact) mass is 432 g/mol. The van der Waals surface area contributed by atoms with Gasteiger partial charge in [-0.15, -0.1) is 0 Å². The summed E-state index contributed by atoms with van der Waals surface area (Å²) in [5.74, 6) is -0.910. The number of hydrogen-bond acceptors (Lipinski definition) is 2. The van der Waals surface area contributed by atoms with Crippen molar-refractivity contribution in [1.29, 1.82) is 0 Å². The first-order valence-corrected chi connectivity index (χ1v) is 6.78. The van der Waals surface area contributed by atoms with E-state index >= 15 is 0 Å². The molecule has 1 unspecified atom stereocenters. The molecule has 0 aliphatic carbocycles. The highest BCUT2D eigenvalue weighted by molar-refractivity contribution is 14.1. The molecule has 0 aliphatic rings. The molecule has 1 aromatic rings. The summed E-state index contributed by atoms with van der Waals surface area (Å²) < 4.78 is 5.83. The predicted octanol–water partition coefficient (Wildman–Crippen LogP) is 3.05. The van der Waals surface area contributed by atoms with Crippen LogP contribution in [0.4, 0.5) is 0 Å². The molecule has 5 heteroatoms. The number of halogens is 2. The quantitative estimate of drug-likeness (QED) is 0.588. The zero-order valence-electron chi connectivity index (χ0n) is 8.04. The van der Waals surface area contributed by atoms with Crippen LogP contribution in [0.3, 0.4) is 0 Å². The van der Waals surface area contributed by atoms with Crippen LogP contribution in [0, 0.1) is 0 Å². The Hall–Kier alpha value is 0.110. The lowest BCUT2D eigenvalue weighted by Gasteiger charge is -2.24. The fourth-order valence-electron chi connectivity index (χ4n) is 1.11. The first-order chi connectivity index (χ1) is 7.03. The predicted molar refractivity (Wildman–Crippen MR) is 75.0 cm³/mol.